The van der Waals surface area contributed by atoms with Gasteiger partial charge in [0.1, 0.15) is 54.4 Å². The lowest BCUT2D eigenvalue weighted by atomic mass is 9.91. The summed E-state index contributed by atoms with van der Waals surface area (Å²) in [7, 11) is 0. The standard InChI is InChI=1S/C44H60N2O15/c1-43(2,3)60-34(49)17-16-29(22-47)45-39(53)30-7-4-18-46(30)40(54)26-20-31(38-32(21-26)59-44(61-38,27-12-13-27)28-14-15-28)57-41(55)25-10-8-24(9-11-25)6-5-19-56-42-37(52)36(51)35(50)33(23-48)58-42/h5-6,8-11,21,27-33,35-38,42,47-48,50-52H,4,7,12-20,22-23H2,1-3H3,(H,45,53)/t29-,30+,31+,32+,33+,35-,36-,37+,38-,42-/m0/s1. The molecule has 10 atom stereocenters. The Labute approximate surface area is 354 Å². The summed E-state index contributed by atoms with van der Waals surface area (Å²) in [6.45, 7) is 4.64. The van der Waals surface area contributed by atoms with E-state index in [0.29, 0.717) is 30.5 Å². The smallest absolute Gasteiger partial charge is 0.338 e. The maximum absolute atomic E-state index is 14.3. The van der Waals surface area contributed by atoms with Gasteiger partial charge in [0.15, 0.2) is 12.1 Å². The van der Waals surface area contributed by atoms with E-state index in [1.165, 1.54) is 4.90 Å². The summed E-state index contributed by atoms with van der Waals surface area (Å²) >= 11 is 0. The van der Waals surface area contributed by atoms with Crippen LogP contribution in [0, 0.1) is 11.8 Å². The van der Waals surface area contributed by atoms with Crippen LogP contribution in [-0.2, 0) is 42.8 Å². The van der Waals surface area contributed by atoms with Crippen LogP contribution in [0.3, 0.4) is 0 Å². The van der Waals surface area contributed by atoms with E-state index >= 15 is 0 Å². The van der Waals surface area contributed by atoms with Gasteiger partial charge < -0.3 is 64.2 Å². The monoisotopic (exact) mass is 856 g/mol. The van der Waals surface area contributed by atoms with Crippen molar-refractivity contribution in [2.24, 2.45) is 11.8 Å². The van der Waals surface area contributed by atoms with Gasteiger partial charge in [-0.15, -0.1) is 0 Å². The Hall–Kier alpha value is -3.78. The lowest BCUT2D eigenvalue weighted by Gasteiger charge is -2.39. The van der Waals surface area contributed by atoms with Crippen molar-refractivity contribution in [3.8, 4) is 0 Å². The minimum absolute atomic E-state index is 0.00465. The SMILES string of the molecule is CC(C)(C)OC(=O)CC[C@@H](CO)NC(=O)[C@H]1CCCN1C(=O)C1=C[C@H]2OC(C3CC3)(C3CC3)O[C@H]2[C@H](OC(=O)c2ccc(C=CCO[C@H]3O[C@H](CO)[C@H](O)[C@H](O)[C@H]3O)cc2)C1. The summed E-state index contributed by atoms with van der Waals surface area (Å²) in [6.07, 6.45) is 1.18. The number of nitrogens with one attached hydrogen (secondary N) is 1. The molecule has 3 aliphatic heterocycles. The molecule has 1 aromatic rings. The number of hydrogen-bond acceptors (Lipinski definition) is 15. The molecular weight excluding hydrogens is 796 g/mol. The Morgan fingerprint density at radius 1 is 0.967 bits per heavy atom. The molecule has 6 aliphatic rings. The summed E-state index contributed by atoms with van der Waals surface area (Å²) in [5, 5.41) is 52.4. The van der Waals surface area contributed by atoms with Gasteiger partial charge >= 0.3 is 11.9 Å². The van der Waals surface area contributed by atoms with E-state index in [-0.39, 0.29) is 55.8 Å². The first kappa shape index (κ1) is 45.3. The van der Waals surface area contributed by atoms with E-state index in [9.17, 15) is 44.7 Å². The van der Waals surface area contributed by atoms with Gasteiger partial charge in [-0.1, -0.05) is 24.3 Å². The molecule has 0 aromatic heterocycles. The summed E-state index contributed by atoms with van der Waals surface area (Å²) < 4.78 is 35.9. The highest BCUT2D eigenvalue weighted by Gasteiger charge is 2.64. The predicted octanol–water partition coefficient (Wildman–Crippen LogP) is 1.26. The van der Waals surface area contributed by atoms with Gasteiger partial charge in [0, 0.05) is 36.8 Å². The third-order valence-corrected chi connectivity index (χ3v) is 12.1. The zero-order chi connectivity index (χ0) is 43.6. The van der Waals surface area contributed by atoms with Gasteiger partial charge in [-0.05, 0) is 89.5 Å². The second kappa shape index (κ2) is 18.9. The van der Waals surface area contributed by atoms with E-state index in [1.807, 2.05) is 0 Å². The average Bonchev–Trinajstić information content (AvgIpc) is 4.18. The molecular formula is C44H60N2O15. The minimum atomic E-state index is -1.55. The van der Waals surface area contributed by atoms with Crippen molar-refractivity contribution < 1.29 is 73.1 Å². The van der Waals surface area contributed by atoms with Gasteiger partial charge in [-0.3, -0.25) is 14.4 Å². The summed E-state index contributed by atoms with van der Waals surface area (Å²) in [5.41, 5.74) is 0.683. The number of esters is 2. The number of amides is 2. The van der Waals surface area contributed by atoms with Crippen LogP contribution in [-0.4, -0.2) is 153 Å². The van der Waals surface area contributed by atoms with Gasteiger partial charge in [0.05, 0.1) is 31.4 Å². The number of hydrogen-bond donors (Lipinski definition) is 6. The Kier molecular flexibility index (Phi) is 14.0. The second-order valence-corrected chi connectivity index (χ2v) is 18.0. The molecule has 0 unspecified atom stereocenters. The zero-order valence-corrected chi connectivity index (χ0v) is 34.9. The van der Waals surface area contributed by atoms with Gasteiger partial charge in [-0.2, -0.15) is 0 Å². The molecule has 7 rings (SSSR count). The zero-order valence-electron chi connectivity index (χ0n) is 34.9. The molecule has 61 heavy (non-hydrogen) atoms. The highest BCUT2D eigenvalue weighted by Crippen LogP contribution is 2.59. The van der Waals surface area contributed by atoms with Crippen LogP contribution < -0.4 is 5.32 Å². The number of carbonyl (C=O) groups excluding carboxylic acids is 4. The molecule has 2 saturated carbocycles. The van der Waals surface area contributed by atoms with E-state index in [4.69, 9.17) is 28.4 Å². The largest absolute Gasteiger partial charge is 0.460 e. The lowest BCUT2D eigenvalue weighted by Crippen LogP contribution is -2.59. The normalized spacial score (nSPS) is 31.6. The second-order valence-electron chi connectivity index (χ2n) is 18.0. The molecule has 1 aromatic carbocycles. The highest BCUT2D eigenvalue weighted by atomic mass is 16.8. The Morgan fingerprint density at radius 3 is 2.31 bits per heavy atom. The van der Waals surface area contributed by atoms with Gasteiger partial charge in [-0.25, -0.2) is 4.79 Å². The van der Waals surface area contributed by atoms with Gasteiger partial charge in [0.25, 0.3) is 0 Å². The molecule has 17 nitrogen and oxygen atoms in total. The molecule has 5 fully saturated rings. The molecule has 3 aliphatic carbocycles. The molecule has 0 bridgehead atoms. The van der Waals surface area contributed by atoms with Crippen molar-refractivity contribution >= 4 is 29.8 Å². The summed E-state index contributed by atoms with van der Waals surface area (Å²) in [4.78, 5) is 55.5. The van der Waals surface area contributed by atoms with Crippen LogP contribution in [0.4, 0.5) is 0 Å². The van der Waals surface area contributed by atoms with Crippen molar-refractivity contribution in [3.63, 3.8) is 0 Å². The quantitative estimate of drug-likeness (QED) is 0.128. The number of aliphatic hydroxyl groups excluding tert-OH is 5. The number of nitrogens with zero attached hydrogens (tertiary/aromatic N) is 1. The number of carbonyl (C=O) groups is 4. The maximum Gasteiger partial charge on any atom is 0.338 e. The Balaban J connectivity index is 0.993. The van der Waals surface area contributed by atoms with Crippen molar-refractivity contribution in [1.82, 2.24) is 10.2 Å². The van der Waals surface area contributed by atoms with Crippen LogP contribution in [0.2, 0.25) is 0 Å². The third kappa shape index (κ3) is 10.5. The highest BCUT2D eigenvalue weighted by molar-refractivity contribution is 5.98. The fourth-order valence-corrected chi connectivity index (χ4v) is 8.69. The first-order valence-corrected chi connectivity index (χ1v) is 21.5. The maximum atomic E-state index is 14.3. The summed E-state index contributed by atoms with van der Waals surface area (Å²) in [6, 6.07) is 5.12. The number of benzene rings is 1. The van der Waals surface area contributed by atoms with E-state index < -0.39 is 96.9 Å². The predicted molar refractivity (Wildman–Crippen MR) is 214 cm³/mol. The third-order valence-electron chi connectivity index (χ3n) is 12.1. The molecule has 3 heterocycles. The first-order valence-electron chi connectivity index (χ1n) is 21.5. The topological polar surface area (TPSA) is 240 Å². The molecule has 6 N–H and O–H groups in total. The number of fused-ring (bicyclic) bond motifs is 1. The molecule has 0 radical (unpaired) electrons. The van der Waals surface area contributed by atoms with E-state index in [2.05, 4.69) is 5.32 Å². The molecule has 0 spiro atoms. The van der Waals surface area contributed by atoms with Gasteiger partial charge in [0.2, 0.25) is 11.8 Å². The van der Waals surface area contributed by atoms with Crippen LogP contribution in [0.1, 0.15) is 94.5 Å². The van der Waals surface area contributed by atoms with Crippen LogP contribution in [0.5, 0.6) is 0 Å². The fraction of sp³-hybridized carbons (Fsp3) is 0.682. The first-order chi connectivity index (χ1) is 29.1. The van der Waals surface area contributed by atoms with Crippen molar-refractivity contribution in [2.45, 2.75) is 151 Å². The van der Waals surface area contributed by atoms with Crippen LogP contribution in [0.25, 0.3) is 6.08 Å². The van der Waals surface area contributed by atoms with E-state index in [1.54, 1.807) is 63.3 Å². The van der Waals surface area contributed by atoms with Crippen molar-refractivity contribution in [3.05, 3.63) is 53.1 Å². The molecule has 17 heteroatoms. The number of aliphatic hydroxyl groups is 5. The number of ether oxygens (including phenoxy) is 6. The minimum Gasteiger partial charge on any atom is -0.460 e. The Bertz CT molecular complexity index is 1790. The van der Waals surface area contributed by atoms with Crippen LogP contribution >= 0.6 is 0 Å². The fourth-order valence-electron chi connectivity index (χ4n) is 8.69. The number of rotatable bonds is 16. The van der Waals surface area contributed by atoms with Crippen molar-refractivity contribution in [2.75, 3.05) is 26.4 Å². The lowest BCUT2D eigenvalue weighted by molar-refractivity contribution is -0.298. The molecule has 2 amide bonds. The average molecular weight is 857 g/mol. The molecule has 336 valence electrons. The number of likely N-dealkylation sites (tertiary alicyclic amines) is 1. The summed E-state index contributed by atoms with van der Waals surface area (Å²) in [5.74, 6) is -2.20. The van der Waals surface area contributed by atoms with Crippen molar-refractivity contribution in [1.29, 1.82) is 0 Å². The molecule has 3 saturated heterocycles. The Morgan fingerprint density at radius 2 is 1.67 bits per heavy atom. The van der Waals surface area contributed by atoms with E-state index in [0.717, 1.165) is 25.7 Å². The van der Waals surface area contributed by atoms with Crippen LogP contribution in [0.15, 0.2) is 42.0 Å².